The van der Waals surface area contributed by atoms with E-state index in [9.17, 15) is 0 Å². The van der Waals surface area contributed by atoms with Crippen LogP contribution in [-0.4, -0.2) is 34.4 Å². The van der Waals surface area contributed by atoms with E-state index in [2.05, 4.69) is 15.5 Å². The van der Waals surface area contributed by atoms with Crippen LogP contribution in [0.1, 0.15) is 11.1 Å². The van der Waals surface area contributed by atoms with E-state index < -0.39 is 0 Å². The molecule has 1 aromatic heterocycles. The van der Waals surface area contributed by atoms with E-state index >= 15 is 0 Å². The van der Waals surface area contributed by atoms with Crippen LogP contribution in [0.5, 0.6) is 5.75 Å². The molecular formula is C18H19Cl2N5O4. The molecule has 29 heavy (non-hydrogen) atoms. The van der Waals surface area contributed by atoms with Crippen LogP contribution in [0.2, 0.25) is 0 Å². The fourth-order valence-electron chi connectivity index (χ4n) is 2.52. The zero-order valence-electron chi connectivity index (χ0n) is 15.1. The number of amidine groups is 2. The summed E-state index contributed by atoms with van der Waals surface area (Å²) in [6, 6.07) is 13.8. The molecule has 0 saturated carbocycles. The van der Waals surface area contributed by atoms with E-state index in [-0.39, 0.29) is 36.5 Å². The number of hydrogen-bond donors (Lipinski definition) is 4. The van der Waals surface area contributed by atoms with Crippen molar-refractivity contribution in [1.82, 2.24) is 5.16 Å². The average molecular weight is 440 g/mol. The number of nitrogens with zero attached hydrogens (tertiary/aromatic N) is 3. The minimum absolute atomic E-state index is 0. The molecule has 0 amide bonds. The van der Waals surface area contributed by atoms with Crippen molar-refractivity contribution in [1.29, 1.82) is 0 Å². The van der Waals surface area contributed by atoms with Gasteiger partial charge in [0.05, 0.1) is 12.7 Å². The Kier molecular flexibility index (Phi) is 8.31. The summed E-state index contributed by atoms with van der Waals surface area (Å²) in [5.41, 5.74) is 14.3. The summed E-state index contributed by atoms with van der Waals surface area (Å²) >= 11 is 0. The van der Waals surface area contributed by atoms with Gasteiger partial charge < -0.3 is 31.1 Å². The number of oxime groups is 2. The molecule has 2 aromatic carbocycles. The zero-order chi connectivity index (χ0) is 19.4. The molecule has 11 heteroatoms. The highest BCUT2D eigenvalue weighted by atomic mass is 35.5. The van der Waals surface area contributed by atoms with Gasteiger partial charge in [-0.1, -0.05) is 45.8 Å². The minimum Gasteiger partial charge on any atom is -0.496 e. The smallest absolute Gasteiger partial charge is 0.171 e. The van der Waals surface area contributed by atoms with Crippen molar-refractivity contribution in [2.75, 3.05) is 7.11 Å². The third-order valence-corrected chi connectivity index (χ3v) is 3.96. The highest BCUT2D eigenvalue weighted by Gasteiger charge is 2.15. The maximum Gasteiger partial charge on any atom is 0.171 e. The van der Waals surface area contributed by atoms with Crippen molar-refractivity contribution in [2.24, 2.45) is 21.8 Å². The van der Waals surface area contributed by atoms with E-state index in [0.717, 1.165) is 5.56 Å². The molecule has 0 saturated heterocycles. The van der Waals surface area contributed by atoms with Crippen LogP contribution >= 0.6 is 24.8 Å². The number of ether oxygens (including phenoxy) is 1. The SMILES string of the molecule is COc1cc(/C(N)=N/O)ccc1-c1cc(-c2ccc(/C(N)=N/O)cc2)no1.Cl.Cl. The first kappa shape index (κ1) is 23.6. The Morgan fingerprint density at radius 3 is 2.10 bits per heavy atom. The Morgan fingerprint density at radius 1 is 0.931 bits per heavy atom. The molecule has 3 aromatic rings. The minimum atomic E-state index is -0.0242. The Labute approximate surface area is 178 Å². The molecular weight excluding hydrogens is 421 g/mol. The third kappa shape index (κ3) is 4.89. The summed E-state index contributed by atoms with van der Waals surface area (Å²) in [6.07, 6.45) is 0. The van der Waals surface area contributed by atoms with Crippen LogP contribution in [0, 0.1) is 0 Å². The van der Waals surface area contributed by atoms with Crippen LogP contribution in [0.15, 0.2) is 63.4 Å². The van der Waals surface area contributed by atoms with E-state index in [1.54, 1.807) is 48.5 Å². The average Bonchev–Trinajstić information content (AvgIpc) is 3.22. The van der Waals surface area contributed by atoms with Gasteiger partial charge in [0.15, 0.2) is 17.4 Å². The first-order chi connectivity index (χ1) is 13.1. The van der Waals surface area contributed by atoms with Crippen molar-refractivity contribution < 1.29 is 19.7 Å². The second-order valence-electron chi connectivity index (χ2n) is 5.54. The normalized spacial score (nSPS) is 11.3. The molecule has 0 atom stereocenters. The Morgan fingerprint density at radius 2 is 1.52 bits per heavy atom. The lowest BCUT2D eigenvalue weighted by Gasteiger charge is -2.07. The van der Waals surface area contributed by atoms with Gasteiger partial charge in [-0.2, -0.15) is 0 Å². The quantitative estimate of drug-likeness (QED) is 0.206. The monoisotopic (exact) mass is 439 g/mol. The van der Waals surface area contributed by atoms with Crippen LogP contribution in [0.4, 0.5) is 0 Å². The predicted octanol–water partition coefficient (Wildman–Crippen LogP) is 3.05. The van der Waals surface area contributed by atoms with Crippen LogP contribution < -0.4 is 16.2 Å². The molecule has 0 aliphatic rings. The summed E-state index contributed by atoms with van der Waals surface area (Å²) in [5, 5.41) is 27.5. The molecule has 1 heterocycles. The van der Waals surface area contributed by atoms with E-state index in [4.69, 9.17) is 31.1 Å². The maximum atomic E-state index is 8.80. The van der Waals surface area contributed by atoms with Gasteiger partial charge in [-0.05, 0) is 12.1 Å². The lowest BCUT2D eigenvalue weighted by molar-refractivity contribution is 0.318. The molecule has 3 rings (SSSR count). The van der Waals surface area contributed by atoms with Gasteiger partial charge in [-0.3, -0.25) is 0 Å². The number of rotatable bonds is 5. The van der Waals surface area contributed by atoms with Crippen LogP contribution in [-0.2, 0) is 0 Å². The van der Waals surface area contributed by atoms with Gasteiger partial charge in [0, 0.05) is 22.8 Å². The fraction of sp³-hybridized carbons (Fsp3) is 0.0556. The predicted molar refractivity (Wildman–Crippen MR) is 113 cm³/mol. The molecule has 0 radical (unpaired) electrons. The maximum absolute atomic E-state index is 8.80. The standard InChI is InChI=1S/C18H17N5O4.2ClH/c1-26-15-8-12(18(20)22-25)6-7-13(15)16-9-14(23-27-16)10-2-4-11(5-3-10)17(19)21-24;;/h2-9,24-25H,1H3,(H2,19,21)(H2,20,22);2*1H. The summed E-state index contributed by atoms with van der Waals surface area (Å²) in [5.74, 6) is 0.985. The van der Waals surface area contributed by atoms with Crippen molar-refractivity contribution in [3.05, 3.63) is 59.7 Å². The first-order valence-corrected chi connectivity index (χ1v) is 7.78. The molecule has 0 fully saturated rings. The molecule has 0 spiro atoms. The third-order valence-electron chi connectivity index (χ3n) is 3.96. The van der Waals surface area contributed by atoms with E-state index in [1.165, 1.54) is 7.11 Å². The lowest BCUT2D eigenvalue weighted by Crippen LogP contribution is -2.13. The van der Waals surface area contributed by atoms with Gasteiger partial charge in [-0.25, -0.2) is 0 Å². The second-order valence-corrected chi connectivity index (χ2v) is 5.54. The summed E-state index contributed by atoms with van der Waals surface area (Å²) in [7, 11) is 1.51. The number of aromatic nitrogens is 1. The highest BCUT2D eigenvalue weighted by Crippen LogP contribution is 2.33. The summed E-state index contributed by atoms with van der Waals surface area (Å²) in [6.45, 7) is 0. The number of halogens is 2. The second kappa shape index (κ2) is 10.2. The zero-order valence-corrected chi connectivity index (χ0v) is 16.8. The number of benzene rings is 2. The molecule has 6 N–H and O–H groups in total. The van der Waals surface area contributed by atoms with Crippen LogP contribution in [0.25, 0.3) is 22.6 Å². The van der Waals surface area contributed by atoms with Crippen molar-refractivity contribution >= 4 is 36.5 Å². The lowest BCUT2D eigenvalue weighted by atomic mass is 10.1. The summed E-state index contributed by atoms with van der Waals surface area (Å²) in [4.78, 5) is 0. The Hall–Kier alpha value is -3.43. The highest BCUT2D eigenvalue weighted by molar-refractivity contribution is 5.98. The van der Waals surface area contributed by atoms with Crippen LogP contribution in [0.3, 0.4) is 0 Å². The van der Waals surface area contributed by atoms with Gasteiger partial charge in [0.2, 0.25) is 0 Å². The van der Waals surface area contributed by atoms with Crippen molar-refractivity contribution in [2.45, 2.75) is 0 Å². The fourth-order valence-corrected chi connectivity index (χ4v) is 2.52. The largest absolute Gasteiger partial charge is 0.496 e. The molecule has 154 valence electrons. The van der Waals surface area contributed by atoms with Crippen molar-refractivity contribution in [3.63, 3.8) is 0 Å². The first-order valence-electron chi connectivity index (χ1n) is 7.78. The molecule has 9 nitrogen and oxygen atoms in total. The van der Waals surface area contributed by atoms with Gasteiger partial charge in [-0.15, -0.1) is 24.8 Å². The number of methoxy groups -OCH3 is 1. The topological polar surface area (TPSA) is 152 Å². The number of nitrogens with two attached hydrogens (primary N) is 2. The molecule has 0 aliphatic heterocycles. The molecule has 0 aliphatic carbocycles. The van der Waals surface area contributed by atoms with E-state index in [0.29, 0.717) is 33.9 Å². The molecule has 0 unspecified atom stereocenters. The Bertz CT molecular complexity index is 1020. The van der Waals surface area contributed by atoms with Gasteiger partial charge in [0.1, 0.15) is 11.4 Å². The van der Waals surface area contributed by atoms with E-state index in [1.807, 2.05) is 0 Å². The Balaban J connectivity index is 0.00000210. The summed E-state index contributed by atoms with van der Waals surface area (Å²) < 4.78 is 10.8. The number of hydrogen-bond acceptors (Lipinski definition) is 7. The van der Waals surface area contributed by atoms with Crippen molar-refractivity contribution in [3.8, 4) is 28.3 Å². The van der Waals surface area contributed by atoms with Gasteiger partial charge in [0.25, 0.3) is 0 Å². The molecule has 0 bridgehead atoms. The van der Waals surface area contributed by atoms with Gasteiger partial charge >= 0.3 is 0 Å².